The van der Waals surface area contributed by atoms with Crippen molar-refractivity contribution in [3.8, 4) is 0 Å². The highest BCUT2D eigenvalue weighted by molar-refractivity contribution is 7.80. The highest BCUT2D eigenvalue weighted by Gasteiger charge is 2.23. The van der Waals surface area contributed by atoms with E-state index >= 15 is 0 Å². The Morgan fingerprint density at radius 2 is 2.10 bits per heavy atom. The average Bonchev–Trinajstić information content (AvgIpc) is 2.81. The van der Waals surface area contributed by atoms with Crippen molar-refractivity contribution in [3.05, 3.63) is 57.0 Å². The maximum Gasteiger partial charge on any atom is 0.278 e. The minimum atomic E-state index is -0.388. The lowest BCUT2D eigenvalue weighted by molar-refractivity contribution is -0.385. The van der Waals surface area contributed by atoms with Gasteiger partial charge in [-0.1, -0.05) is 24.4 Å². The van der Waals surface area contributed by atoms with E-state index in [0.717, 1.165) is 10.6 Å². The van der Waals surface area contributed by atoms with Crippen LogP contribution in [0.15, 0.2) is 40.7 Å². The van der Waals surface area contributed by atoms with Crippen LogP contribution in [0.25, 0.3) is 0 Å². The van der Waals surface area contributed by atoms with Crippen LogP contribution in [0.4, 0.5) is 10.7 Å². The van der Waals surface area contributed by atoms with Crippen LogP contribution >= 0.6 is 23.6 Å². The molecule has 0 saturated heterocycles. The predicted molar refractivity (Wildman–Crippen MR) is 84.1 cm³/mol. The van der Waals surface area contributed by atoms with E-state index in [2.05, 4.69) is 10.3 Å². The number of benzene rings is 1. The summed E-state index contributed by atoms with van der Waals surface area (Å²) in [5, 5.41) is 17.1. The van der Waals surface area contributed by atoms with Gasteiger partial charge in [0.2, 0.25) is 0 Å². The summed E-state index contributed by atoms with van der Waals surface area (Å²) in [4.78, 5) is 15.8. The van der Waals surface area contributed by atoms with E-state index in [0.29, 0.717) is 22.8 Å². The zero-order chi connectivity index (χ0) is 14.1. The van der Waals surface area contributed by atoms with Gasteiger partial charge in [0.05, 0.1) is 22.7 Å². The molecule has 1 aromatic carbocycles. The number of thiophene rings is 1. The van der Waals surface area contributed by atoms with Gasteiger partial charge in [0.25, 0.3) is 5.69 Å². The van der Waals surface area contributed by atoms with Gasteiger partial charge in [-0.05, 0) is 17.5 Å². The summed E-state index contributed by atoms with van der Waals surface area (Å²) in [7, 11) is 0. The summed E-state index contributed by atoms with van der Waals surface area (Å²) in [5.74, 6) is 0. The Labute approximate surface area is 124 Å². The second-order valence-corrected chi connectivity index (χ2v) is 5.56. The molecule has 5 nitrogen and oxygen atoms in total. The van der Waals surface area contributed by atoms with Crippen molar-refractivity contribution in [2.24, 2.45) is 4.99 Å². The molecule has 2 aromatic rings. The first-order chi connectivity index (χ1) is 9.66. The van der Waals surface area contributed by atoms with Crippen molar-refractivity contribution in [3.63, 3.8) is 0 Å². The van der Waals surface area contributed by atoms with Gasteiger partial charge in [-0.25, -0.2) is 0 Å². The number of nitrogens with one attached hydrogen (secondary N) is 1. The van der Waals surface area contributed by atoms with Crippen molar-refractivity contribution in [1.82, 2.24) is 0 Å². The lowest BCUT2D eigenvalue weighted by atomic mass is 10.0. The fourth-order valence-electron chi connectivity index (χ4n) is 2.06. The zero-order valence-corrected chi connectivity index (χ0v) is 11.8. The third-order valence-electron chi connectivity index (χ3n) is 2.91. The Kier molecular flexibility index (Phi) is 3.29. The Morgan fingerprint density at radius 3 is 2.90 bits per heavy atom. The van der Waals surface area contributed by atoms with Crippen LogP contribution in [0.5, 0.6) is 0 Å². The smallest absolute Gasteiger partial charge is 0.278 e. The molecule has 0 atom stereocenters. The van der Waals surface area contributed by atoms with Gasteiger partial charge in [-0.15, -0.1) is 11.3 Å². The van der Waals surface area contributed by atoms with Crippen LogP contribution in [0, 0.1) is 10.1 Å². The predicted octanol–water partition coefficient (Wildman–Crippen LogP) is 3.25. The van der Waals surface area contributed by atoms with E-state index in [9.17, 15) is 10.1 Å². The van der Waals surface area contributed by atoms with Gasteiger partial charge < -0.3 is 5.32 Å². The first-order valence-corrected chi connectivity index (χ1v) is 7.11. The topological polar surface area (TPSA) is 67.5 Å². The molecule has 1 N–H and O–H groups in total. The monoisotopic (exact) mass is 303 g/mol. The van der Waals surface area contributed by atoms with Crippen LogP contribution < -0.4 is 5.32 Å². The molecule has 7 heteroatoms. The molecule has 0 fully saturated rings. The summed E-state index contributed by atoms with van der Waals surface area (Å²) < 4.78 is 0. The minimum Gasteiger partial charge on any atom is -0.340 e. The molecule has 0 radical (unpaired) electrons. The molecule has 1 aliphatic rings. The third kappa shape index (κ3) is 2.21. The number of rotatable bonds is 2. The first-order valence-electron chi connectivity index (χ1n) is 5.83. The van der Waals surface area contributed by atoms with E-state index in [1.54, 1.807) is 18.2 Å². The molecule has 0 aliphatic carbocycles. The second kappa shape index (κ2) is 5.10. The minimum absolute atomic E-state index is 0.0521. The molecule has 20 heavy (non-hydrogen) atoms. The molecule has 0 spiro atoms. The summed E-state index contributed by atoms with van der Waals surface area (Å²) in [5.41, 5.74) is 2.03. The summed E-state index contributed by atoms with van der Waals surface area (Å²) in [6.07, 6.45) is 0. The number of nitrogens with zero attached hydrogens (tertiary/aromatic N) is 2. The van der Waals surface area contributed by atoms with Crippen molar-refractivity contribution in [2.45, 2.75) is 0 Å². The Morgan fingerprint density at radius 1 is 1.30 bits per heavy atom. The van der Waals surface area contributed by atoms with Gasteiger partial charge in [0, 0.05) is 11.6 Å². The number of nitro groups is 1. The SMILES string of the molecule is O=[N+]([O-])c1ccccc1C1=NCC(=S)Nc2sccc21. The second-order valence-electron chi connectivity index (χ2n) is 4.15. The van der Waals surface area contributed by atoms with Crippen LogP contribution in [0.1, 0.15) is 11.1 Å². The van der Waals surface area contributed by atoms with Gasteiger partial charge >= 0.3 is 0 Å². The van der Waals surface area contributed by atoms with Crippen molar-refractivity contribution < 1.29 is 4.92 Å². The van der Waals surface area contributed by atoms with Crippen molar-refractivity contribution in [2.75, 3.05) is 11.9 Å². The van der Waals surface area contributed by atoms with Crippen LogP contribution in [-0.4, -0.2) is 22.2 Å². The third-order valence-corrected chi connectivity index (χ3v) is 3.97. The fraction of sp³-hybridized carbons (Fsp3) is 0.0769. The molecule has 100 valence electrons. The average molecular weight is 303 g/mol. The molecule has 3 rings (SSSR count). The number of thiocarbonyl (C=S) groups is 1. The van der Waals surface area contributed by atoms with E-state index in [-0.39, 0.29) is 10.6 Å². The normalized spacial score (nSPS) is 14.0. The molecule has 0 amide bonds. The first kappa shape index (κ1) is 12.9. The Bertz CT molecular complexity index is 737. The van der Waals surface area contributed by atoms with Crippen molar-refractivity contribution >= 4 is 44.9 Å². The zero-order valence-electron chi connectivity index (χ0n) is 10.2. The highest BCUT2D eigenvalue weighted by atomic mass is 32.1. The van der Waals surface area contributed by atoms with E-state index in [1.165, 1.54) is 17.4 Å². The van der Waals surface area contributed by atoms with Crippen molar-refractivity contribution in [1.29, 1.82) is 0 Å². The van der Waals surface area contributed by atoms with Crippen LogP contribution in [-0.2, 0) is 0 Å². The lowest BCUT2D eigenvalue weighted by Gasteiger charge is -2.06. The summed E-state index contributed by atoms with van der Waals surface area (Å²) in [6.45, 7) is 0.331. The standard InChI is InChI=1S/C13H9N3O2S2/c17-16(18)10-4-2-1-3-8(10)12-9-5-6-20-13(9)15-11(19)7-14-12/h1-6H,7H2,(H,15,19). The number of aliphatic imine (C=N–C) groups is 1. The molecule has 0 unspecified atom stereocenters. The van der Waals surface area contributed by atoms with Crippen LogP contribution in [0.2, 0.25) is 0 Å². The quantitative estimate of drug-likeness (QED) is 0.525. The molecule has 1 aliphatic heterocycles. The Balaban J connectivity index is 2.20. The number of fused-ring (bicyclic) bond motifs is 1. The molecular weight excluding hydrogens is 294 g/mol. The fourth-order valence-corrected chi connectivity index (χ4v) is 3.10. The van der Waals surface area contributed by atoms with Gasteiger partial charge in [-0.2, -0.15) is 0 Å². The summed E-state index contributed by atoms with van der Waals surface area (Å²) in [6, 6.07) is 8.52. The molecular formula is C13H9N3O2S2. The van der Waals surface area contributed by atoms with Gasteiger partial charge in [0.15, 0.2) is 0 Å². The van der Waals surface area contributed by atoms with Gasteiger partial charge in [0.1, 0.15) is 9.99 Å². The summed E-state index contributed by atoms with van der Waals surface area (Å²) >= 11 is 6.68. The number of hydrogen-bond donors (Lipinski definition) is 1. The number of hydrogen-bond acceptors (Lipinski definition) is 5. The number of para-hydroxylation sites is 1. The van der Waals surface area contributed by atoms with E-state index < -0.39 is 0 Å². The highest BCUT2D eigenvalue weighted by Crippen LogP contribution is 2.31. The maximum atomic E-state index is 11.2. The maximum absolute atomic E-state index is 11.2. The number of anilines is 1. The molecule has 0 saturated carbocycles. The largest absolute Gasteiger partial charge is 0.340 e. The lowest BCUT2D eigenvalue weighted by Crippen LogP contribution is -2.09. The molecule has 0 bridgehead atoms. The van der Waals surface area contributed by atoms with Gasteiger partial charge in [-0.3, -0.25) is 15.1 Å². The van der Waals surface area contributed by atoms with Crippen LogP contribution in [0.3, 0.4) is 0 Å². The molecule has 1 aromatic heterocycles. The van der Waals surface area contributed by atoms with E-state index in [1.807, 2.05) is 11.4 Å². The van der Waals surface area contributed by atoms with E-state index in [4.69, 9.17) is 12.2 Å². The Hall–Kier alpha value is -2.12. The molecule has 2 heterocycles. The number of nitro benzene ring substituents is 1.